The maximum atomic E-state index is 2.37. The summed E-state index contributed by atoms with van der Waals surface area (Å²) in [5.41, 5.74) is 1.76. The molecule has 0 aromatic heterocycles. The molecule has 0 aliphatic rings. The summed E-state index contributed by atoms with van der Waals surface area (Å²) >= 11 is 0. The second-order valence-electron chi connectivity index (χ2n) is 4.96. The Morgan fingerprint density at radius 3 is 1.64 bits per heavy atom. The summed E-state index contributed by atoms with van der Waals surface area (Å²) in [7, 11) is 0. The molecule has 0 heteroatoms. The molecule has 0 N–H and O–H groups in total. The van der Waals surface area contributed by atoms with Gasteiger partial charge in [-0.25, -0.2) is 0 Å². The molecule has 0 fully saturated rings. The van der Waals surface area contributed by atoms with Crippen LogP contribution in [0.4, 0.5) is 0 Å². The predicted molar refractivity (Wildman–Crippen MR) is 63.5 cm³/mol. The van der Waals surface area contributed by atoms with Crippen LogP contribution in [0.3, 0.4) is 0 Å². The van der Waals surface area contributed by atoms with E-state index in [0.717, 1.165) is 0 Å². The molecule has 0 radical (unpaired) electrons. The molecular weight excluding hydrogens is 168 g/mol. The average Bonchev–Trinajstić information content (AvgIpc) is 2.17. The van der Waals surface area contributed by atoms with Crippen molar-refractivity contribution in [2.24, 2.45) is 11.8 Å². The molecule has 0 amide bonds. The Hall–Kier alpha value is -0.780. The lowest BCUT2D eigenvalue weighted by Gasteiger charge is -2.38. The summed E-state index contributed by atoms with van der Waals surface area (Å²) < 4.78 is 0. The Bertz CT molecular complexity index is 261. The van der Waals surface area contributed by atoms with E-state index in [1.165, 1.54) is 5.56 Å². The van der Waals surface area contributed by atoms with Gasteiger partial charge in [0.2, 0.25) is 0 Å². The van der Waals surface area contributed by atoms with Gasteiger partial charge in [-0.2, -0.15) is 0 Å². The van der Waals surface area contributed by atoms with Gasteiger partial charge in [0.05, 0.1) is 0 Å². The lowest BCUT2D eigenvalue weighted by molar-refractivity contribution is 0.245. The van der Waals surface area contributed by atoms with Gasteiger partial charge in [-0.05, 0) is 22.8 Å². The number of hydrogen-bond donors (Lipinski definition) is 0. The third-order valence-corrected chi connectivity index (χ3v) is 3.79. The smallest absolute Gasteiger partial charge is 0.00293 e. The Morgan fingerprint density at radius 1 is 0.857 bits per heavy atom. The highest BCUT2D eigenvalue weighted by atomic mass is 14.4. The van der Waals surface area contributed by atoms with E-state index >= 15 is 0 Å². The number of benzene rings is 1. The van der Waals surface area contributed by atoms with Crippen molar-refractivity contribution >= 4 is 0 Å². The second-order valence-corrected chi connectivity index (χ2v) is 4.96. The maximum Gasteiger partial charge on any atom is -0.00293 e. The van der Waals surface area contributed by atoms with E-state index in [1.54, 1.807) is 0 Å². The first kappa shape index (κ1) is 11.3. The Kier molecular flexibility index (Phi) is 3.36. The van der Waals surface area contributed by atoms with Gasteiger partial charge in [0.25, 0.3) is 0 Å². The zero-order valence-corrected chi connectivity index (χ0v) is 10.0. The topological polar surface area (TPSA) is 0 Å². The van der Waals surface area contributed by atoms with E-state index in [2.05, 4.69) is 65.0 Å². The zero-order valence-electron chi connectivity index (χ0n) is 10.0. The molecule has 14 heavy (non-hydrogen) atoms. The predicted octanol–water partition coefficient (Wildman–Crippen LogP) is 4.26. The van der Waals surface area contributed by atoms with Crippen molar-refractivity contribution < 1.29 is 0 Å². The minimum Gasteiger partial charge on any atom is -0.0622 e. The third-order valence-electron chi connectivity index (χ3n) is 3.79. The van der Waals surface area contributed by atoms with Crippen LogP contribution in [0.25, 0.3) is 0 Å². The van der Waals surface area contributed by atoms with Crippen LogP contribution in [-0.2, 0) is 5.41 Å². The molecule has 0 aliphatic carbocycles. The van der Waals surface area contributed by atoms with E-state index in [0.29, 0.717) is 17.3 Å². The molecule has 0 atom stereocenters. The number of rotatable bonds is 3. The van der Waals surface area contributed by atoms with Gasteiger partial charge in [-0.3, -0.25) is 0 Å². The largest absolute Gasteiger partial charge is 0.0622 e. The molecule has 1 aromatic rings. The fourth-order valence-corrected chi connectivity index (χ4v) is 2.13. The molecule has 0 nitrogen and oxygen atoms in total. The summed E-state index contributed by atoms with van der Waals surface area (Å²) in [6.45, 7) is 11.6. The van der Waals surface area contributed by atoms with Crippen molar-refractivity contribution in [1.82, 2.24) is 0 Å². The molecule has 0 unspecified atom stereocenters. The van der Waals surface area contributed by atoms with Crippen LogP contribution in [-0.4, -0.2) is 0 Å². The van der Waals surface area contributed by atoms with Crippen LogP contribution in [0, 0.1) is 11.8 Å². The minimum atomic E-state index is 0.293. The van der Waals surface area contributed by atoms with Crippen LogP contribution in [0.5, 0.6) is 0 Å². The summed E-state index contributed by atoms with van der Waals surface area (Å²) in [5, 5.41) is 0. The fourth-order valence-electron chi connectivity index (χ4n) is 2.13. The molecular formula is C14H22. The van der Waals surface area contributed by atoms with Gasteiger partial charge in [0.15, 0.2) is 0 Å². The van der Waals surface area contributed by atoms with Gasteiger partial charge in [-0.1, -0.05) is 65.0 Å². The Morgan fingerprint density at radius 2 is 1.29 bits per heavy atom. The molecule has 0 spiro atoms. The molecule has 0 heterocycles. The van der Waals surface area contributed by atoms with E-state index in [-0.39, 0.29) is 0 Å². The van der Waals surface area contributed by atoms with E-state index < -0.39 is 0 Å². The van der Waals surface area contributed by atoms with Crippen molar-refractivity contribution in [3.63, 3.8) is 0 Å². The van der Waals surface area contributed by atoms with Crippen molar-refractivity contribution in [2.75, 3.05) is 0 Å². The molecule has 0 aliphatic heterocycles. The quantitative estimate of drug-likeness (QED) is 0.668. The summed E-state index contributed by atoms with van der Waals surface area (Å²) in [4.78, 5) is 0. The standard InChI is InChI=1S/C14H22/c1-11(2)14(5,12(3)4)13-9-7-6-8-10-13/h6-12H,1-5H3. The molecule has 1 rings (SSSR count). The van der Waals surface area contributed by atoms with E-state index in [1.807, 2.05) is 0 Å². The molecule has 78 valence electrons. The lowest BCUT2D eigenvalue weighted by atomic mass is 9.66. The molecule has 0 saturated carbocycles. The Balaban J connectivity index is 3.13. The van der Waals surface area contributed by atoms with Crippen molar-refractivity contribution in [2.45, 2.75) is 40.0 Å². The highest BCUT2D eigenvalue weighted by Gasteiger charge is 2.33. The highest BCUT2D eigenvalue weighted by molar-refractivity contribution is 5.25. The highest BCUT2D eigenvalue weighted by Crippen LogP contribution is 2.38. The summed E-state index contributed by atoms with van der Waals surface area (Å²) in [6.07, 6.45) is 0. The van der Waals surface area contributed by atoms with Gasteiger partial charge in [-0.15, -0.1) is 0 Å². The van der Waals surface area contributed by atoms with E-state index in [9.17, 15) is 0 Å². The first-order valence-corrected chi connectivity index (χ1v) is 5.55. The summed E-state index contributed by atoms with van der Waals surface area (Å²) in [5.74, 6) is 1.34. The van der Waals surface area contributed by atoms with Crippen LogP contribution in [0.2, 0.25) is 0 Å². The van der Waals surface area contributed by atoms with Gasteiger partial charge in [0.1, 0.15) is 0 Å². The van der Waals surface area contributed by atoms with Crippen molar-refractivity contribution in [3.05, 3.63) is 35.9 Å². The van der Waals surface area contributed by atoms with Crippen LogP contribution in [0.1, 0.15) is 40.2 Å². The van der Waals surface area contributed by atoms with Crippen molar-refractivity contribution in [3.8, 4) is 0 Å². The second kappa shape index (κ2) is 4.16. The maximum absolute atomic E-state index is 2.37. The SMILES string of the molecule is CC(C)C(C)(c1ccccc1)C(C)C. The molecule has 0 bridgehead atoms. The van der Waals surface area contributed by atoms with Crippen LogP contribution >= 0.6 is 0 Å². The van der Waals surface area contributed by atoms with Gasteiger partial charge >= 0.3 is 0 Å². The summed E-state index contributed by atoms with van der Waals surface area (Å²) in [6, 6.07) is 10.9. The molecule has 1 aromatic carbocycles. The van der Waals surface area contributed by atoms with Gasteiger partial charge < -0.3 is 0 Å². The number of hydrogen-bond acceptors (Lipinski definition) is 0. The molecule has 0 saturated heterocycles. The normalized spacial score (nSPS) is 12.5. The monoisotopic (exact) mass is 190 g/mol. The first-order chi connectivity index (χ1) is 6.49. The van der Waals surface area contributed by atoms with Gasteiger partial charge in [0, 0.05) is 0 Å². The van der Waals surface area contributed by atoms with Crippen molar-refractivity contribution in [1.29, 1.82) is 0 Å². The first-order valence-electron chi connectivity index (χ1n) is 5.55. The fraction of sp³-hybridized carbons (Fsp3) is 0.571. The average molecular weight is 190 g/mol. The van der Waals surface area contributed by atoms with Crippen LogP contribution in [0.15, 0.2) is 30.3 Å². The zero-order chi connectivity index (χ0) is 10.8. The Labute approximate surface area is 88.4 Å². The third kappa shape index (κ3) is 1.84. The minimum absolute atomic E-state index is 0.293. The van der Waals surface area contributed by atoms with Crippen LogP contribution < -0.4 is 0 Å². The lowest BCUT2D eigenvalue weighted by Crippen LogP contribution is -2.34. The van der Waals surface area contributed by atoms with E-state index in [4.69, 9.17) is 0 Å².